The Labute approximate surface area is 131 Å². The third-order valence-electron chi connectivity index (χ3n) is 3.51. The largest absolute Gasteiger partial charge is 0.496 e. The van der Waals surface area contributed by atoms with Crippen LogP contribution in [0, 0.1) is 0 Å². The van der Waals surface area contributed by atoms with Crippen molar-refractivity contribution in [3.8, 4) is 5.75 Å². The molecule has 4 nitrogen and oxygen atoms in total. The molecule has 0 aromatic heterocycles. The molecule has 1 aliphatic rings. The second-order valence-corrected chi connectivity index (χ2v) is 5.74. The van der Waals surface area contributed by atoms with Crippen LogP contribution in [0.25, 0.3) is 0 Å². The zero-order valence-corrected chi connectivity index (χ0v) is 13.2. The van der Waals surface area contributed by atoms with Crippen LogP contribution in [0.4, 0.5) is 5.69 Å². The summed E-state index contributed by atoms with van der Waals surface area (Å²) in [5.41, 5.74) is 3.85. The molecule has 0 fully saturated rings. The van der Waals surface area contributed by atoms with Crippen LogP contribution in [-0.4, -0.2) is 13.0 Å². The third-order valence-corrected chi connectivity index (χ3v) is 4.13. The lowest BCUT2D eigenvalue weighted by molar-refractivity contribution is 0.102. The molecule has 0 radical (unpaired) electrons. The maximum absolute atomic E-state index is 12.3. The zero-order chi connectivity index (χ0) is 14.8. The fourth-order valence-electron chi connectivity index (χ4n) is 2.38. The molecule has 0 saturated carbocycles. The van der Waals surface area contributed by atoms with Gasteiger partial charge in [0.05, 0.1) is 11.6 Å². The number of amides is 1. The van der Waals surface area contributed by atoms with E-state index in [4.69, 9.17) is 4.74 Å². The number of halogens is 1. The van der Waals surface area contributed by atoms with Gasteiger partial charge in [-0.3, -0.25) is 4.79 Å². The second-order valence-electron chi connectivity index (χ2n) is 4.89. The zero-order valence-electron chi connectivity index (χ0n) is 11.6. The van der Waals surface area contributed by atoms with E-state index in [2.05, 4.69) is 26.6 Å². The molecule has 0 atom stereocenters. The Morgan fingerprint density at radius 1 is 1.19 bits per heavy atom. The molecule has 108 valence electrons. The van der Waals surface area contributed by atoms with E-state index in [1.54, 1.807) is 7.11 Å². The van der Waals surface area contributed by atoms with Gasteiger partial charge in [0.2, 0.25) is 0 Å². The van der Waals surface area contributed by atoms with Crippen LogP contribution in [0.2, 0.25) is 0 Å². The molecule has 0 unspecified atom stereocenters. The van der Waals surface area contributed by atoms with Gasteiger partial charge in [-0.1, -0.05) is 6.07 Å². The maximum Gasteiger partial charge on any atom is 0.255 e. The number of ether oxygens (including phenoxy) is 1. The lowest BCUT2D eigenvalue weighted by Crippen LogP contribution is -2.12. The van der Waals surface area contributed by atoms with Crippen LogP contribution in [0.3, 0.4) is 0 Å². The summed E-state index contributed by atoms with van der Waals surface area (Å²) in [6.07, 6.45) is 0. The third kappa shape index (κ3) is 2.94. The fourth-order valence-corrected chi connectivity index (χ4v) is 2.92. The lowest BCUT2D eigenvalue weighted by Gasteiger charge is -2.09. The predicted octanol–water partition coefficient (Wildman–Crippen LogP) is 3.31. The number of fused-ring (bicyclic) bond motifs is 1. The fraction of sp³-hybridized carbons (Fsp3) is 0.188. The highest BCUT2D eigenvalue weighted by molar-refractivity contribution is 9.10. The highest BCUT2D eigenvalue weighted by Gasteiger charge is 2.14. The SMILES string of the molecule is COc1ccc(NC(=O)c2ccc3c(c2)CNC3)cc1Br. The first kappa shape index (κ1) is 14.1. The smallest absolute Gasteiger partial charge is 0.255 e. The highest BCUT2D eigenvalue weighted by atomic mass is 79.9. The number of hydrogen-bond acceptors (Lipinski definition) is 3. The number of hydrogen-bond donors (Lipinski definition) is 2. The van der Waals surface area contributed by atoms with Crippen molar-refractivity contribution < 1.29 is 9.53 Å². The van der Waals surface area contributed by atoms with Gasteiger partial charge in [-0.15, -0.1) is 0 Å². The molecule has 0 spiro atoms. The molecule has 2 aromatic carbocycles. The van der Waals surface area contributed by atoms with E-state index in [0.29, 0.717) is 5.56 Å². The first-order chi connectivity index (χ1) is 10.2. The van der Waals surface area contributed by atoms with E-state index < -0.39 is 0 Å². The average Bonchev–Trinajstić information content (AvgIpc) is 2.94. The van der Waals surface area contributed by atoms with Gasteiger partial charge in [0.1, 0.15) is 5.75 Å². The number of rotatable bonds is 3. The topological polar surface area (TPSA) is 50.4 Å². The average molecular weight is 347 g/mol. The van der Waals surface area contributed by atoms with Crippen molar-refractivity contribution in [1.82, 2.24) is 5.32 Å². The van der Waals surface area contributed by atoms with Crippen molar-refractivity contribution in [1.29, 1.82) is 0 Å². The van der Waals surface area contributed by atoms with Gasteiger partial charge >= 0.3 is 0 Å². The summed E-state index contributed by atoms with van der Waals surface area (Å²) in [5.74, 6) is 0.623. The van der Waals surface area contributed by atoms with Crippen LogP contribution in [0.5, 0.6) is 5.75 Å². The molecule has 2 N–H and O–H groups in total. The van der Waals surface area contributed by atoms with Crippen molar-refractivity contribution in [3.05, 3.63) is 57.6 Å². The first-order valence-electron chi connectivity index (χ1n) is 6.65. The molecule has 3 rings (SSSR count). The molecule has 0 aliphatic carbocycles. The molecule has 1 heterocycles. The molecule has 1 aliphatic heterocycles. The minimum Gasteiger partial charge on any atom is -0.496 e. The minimum absolute atomic E-state index is 0.109. The summed E-state index contributed by atoms with van der Waals surface area (Å²) >= 11 is 3.41. The number of nitrogens with one attached hydrogen (secondary N) is 2. The van der Waals surface area contributed by atoms with Gasteiger partial charge in [-0.2, -0.15) is 0 Å². The van der Waals surface area contributed by atoms with E-state index in [-0.39, 0.29) is 5.91 Å². The highest BCUT2D eigenvalue weighted by Crippen LogP contribution is 2.28. The van der Waals surface area contributed by atoms with E-state index >= 15 is 0 Å². The summed E-state index contributed by atoms with van der Waals surface area (Å²) in [6.45, 7) is 1.70. The van der Waals surface area contributed by atoms with E-state index in [0.717, 1.165) is 29.0 Å². The van der Waals surface area contributed by atoms with E-state index in [1.807, 2.05) is 36.4 Å². The summed E-state index contributed by atoms with van der Waals surface area (Å²) < 4.78 is 5.98. The molecule has 0 bridgehead atoms. The standard InChI is InChI=1S/C16H15BrN2O2/c1-21-15-5-4-13(7-14(15)17)19-16(20)10-2-3-11-8-18-9-12(11)6-10/h2-7,18H,8-9H2,1H3,(H,19,20). The molecule has 1 amide bonds. The van der Waals surface area contributed by atoms with Gasteiger partial charge in [0.25, 0.3) is 5.91 Å². The van der Waals surface area contributed by atoms with Crippen LogP contribution in [-0.2, 0) is 13.1 Å². The van der Waals surface area contributed by atoms with Gasteiger partial charge in [-0.25, -0.2) is 0 Å². The molecular formula is C16H15BrN2O2. The summed E-state index contributed by atoms with van der Waals surface area (Å²) in [5, 5.41) is 6.17. The van der Waals surface area contributed by atoms with E-state index in [9.17, 15) is 4.79 Å². The van der Waals surface area contributed by atoms with Gasteiger partial charge in [-0.05, 0) is 57.4 Å². The second kappa shape index (κ2) is 5.87. The normalized spacial score (nSPS) is 12.9. The number of anilines is 1. The van der Waals surface area contributed by atoms with Crippen LogP contribution in [0.15, 0.2) is 40.9 Å². The summed E-state index contributed by atoms with van der Waals surface area (Å²) in [7, 11) is 1.61. The Balaban J connectivity index is 1.78. The van der Waals surface area contributed by atoms with Crippen molar-refractivity contribution in [2.24, 2.45) is 0 Å². The molecule has 0 saturated heterocycles. The Bertz CT molecular complexity index is 701. The van der Waals surface area contributed by atoms with Crippen LogP contribution >= 0.6 is 15.9 Å². The number of benzene rings is 2. The lowest BCUT2D eigenvalue weighted by atomic mass is 10.1. The van der Waals surface area contributed by atoms with Gasteiger partial charge in [0, 0.05) is 24.3 Å². The maximum atomic E-state index is 12.3. The van der Waals surface area contributed by atoms with Gasteiger partial charge in [0.15, 0.2) is 0 Å². The number of methoxy groups -OCH3 is 1. The minimum atomic E-state index is -0.109. The molecule has 2 aromatic rings. The molecule has 5 heteroatoms. The Morgan fingerprint density at radius 3 is 2.76 bits per heavy atom. The monoisotopic (exact) mass is 346 g/mol. The van der Waals surface area contributed by atoms with Crippen molar-refractivity contribution >= 4 is 27.5 Å². The van der Waals surface area contributed by atoms with Crippen molar-refractivity contribution in [3.63, 3.8) is 0 Å². The Morgan fingerprint density at radius 2 is 2.00 bits per heavy atom. The Hall–Kier alpha value is -1.85. The predicted molar refractivity (Wildman–Crippen MR) is 85.6 cm³/mol. The van der Waals surface area contributed by atoms with E-state index in [1.165, 1.54) is 11.1 Å². The van der Waals surface area contributed by atoms with Crippen molar-refractivity contribution in [2.45, 2.75) is 13.1 Å². The van der Waals surface area contributed by atoms with Crippen molar-refractivity contribution in [2.75, 3.05) is 12.4 Å². The van der Waals surface area contributed by atoms with Gasteiger partial charge < -0.3 is 15.4 Å². The molecular weight excluding hydrogens is 332 g/mol. The Kier molecular flexibility index (Phi) is 3.94. The number of carbonyl (C=O) groups is 1. The summed E-state index contributed by atoms with van der Waals surface area (Å²) in [4.78, 5) is 12.3. The van der Waals surface area contributed by atoms with Crippen LogP contribution in [0.1, 0.15) is 21.5 Å². The summed E-state index contributed by atoms with van der Waals surface area (Å²) in [6, 6.07) is 11.3. The molecule has 21 heavy (non-hydrogen) atoms. The first-order valence-corrected chi connectivity index (χ1v) is 7.44. The van der Waals surface area contributed by atoms with Crippen LogP contribution < -0.4 is 15.4 Å². The number of carbonyl (C=O) groups excluding carboxylic acids is 1. The quantitative estimate of drug-likeness (QED) is 0.896.